The van der Waals surface area contributed by atoms with Gasteiger partial charge in [0, 0.05) is 28.4 Å². The number of hydrogen-bond acceptors (Lipinski definition) is 3. The van der Waals surface area contributed by atoms with Crippen LogP contribution in [0.3, 0.4) is 0 Å². The number of nitrogens with one attached hydrogen (secondary N) is 1. The normalized spacial score (nSPS) is 12.0. The predicted molar refractivity (Wildman–Crippen MR) is 90.6 cm³/mol. The third-order valence-corrected chi connectivity index (χ3v) is 3.82. The third kappa shape index (κ3) is 4.09. The topological polar surface area (TPSA) is 49.3 Å². The van der Waals surface area contributed by atoms with E-state index in [1.54, 1.807) is 36.4 Å². The molecule has 2 aromatic rings. The number of carbonyl (C=O) groups is 1. The Bertz CT molecular complexity index is 625. The van der Waals surface area contributed by atoms with Crippen molar-refractivity contribution in [1.82, 2.24) is 0 Å². The highest BCUT2D eigenvalue weighted by atomic mass is 35.5. The predicted octanol–water partition coefficient (Wildman–Crippen LogP) is 4.47. The molecule has 0 saturated carbocycles. The minimum Gasteiger partial charge on any atom is -0.385 e. The fourth-order valence-corrected chi connectivity index (χ4v) is 2.40. The van der Waals surface area contributed by atoms with Gasteiger partial charge in [-0.05, 0) is 36.8 Å². The number of aliphatic hydroxyl groups excluding tert-OH is 1. The molecule has 2 aromatic carbocycles. The molecule has 4 heteroatoms. The van der Waals surface area contributed by atoms with E-state index in [9.17, 15) is 9.90 Å². The highest BCUT2D eigenvalue weighted by Gasteiger charge is 2.21. The zero-order valence-electron chi connectivity index (χ0n) is 12.6. The van der Waals surface area contributed by atoms with Crippen LogP contribution in [0.5, 0.6) is 0 Å². The van der Waals surface area contributed by atoms with Crippen LogP contribution in [0.15, 0.2) is 48.5 Å². The maximum absolute atomic E-state index is 12.3. The molecule has 0 aliphatic heterocycles. The van der Waals surface area contributed by atoms with E-state index < -0.39 is 6.10 Å². The van der Waals surface area contributed by atoms with E-state index >= 15 is 0 Å². The monoisotopic (exact) mass is 317 g/mol. The Morgan fingerprint density at radius 1 is 1.18 bits per heavy atom. The Kier molecular flexibility index (Phi) is 5.99. The molecule has 0 heterocycles. The SMILES string of the molecule is CCCCNc1ccc(C(=O)C(O)c2ccccc2Cl)cc1. The first-order chi connectivity index (χ1) is 10.6. The number of benzene rings is 2. The highest BCUT2D eigenvalue weighted by molar-refractivity contribution is 6.31. The molecular weight excluding hydrogens is 298 g/mol. The van der Waals surface area contributed by atoms with Gasteiger partial charge < -0.3 is 10.4 Å². The van der Waals surface area contributed by atoms with Crippen molar-refractivity contribution >= 4 is 23.1 Å². The lowest BCUT2D eigenvalue weighted by molar-refractivity contribution is 0.0747. The van der Waals surface area contributed by atoms with Crippen molar-refractivity contribution in [2.75, 3.05) is 11.9 Å². The number of ketones is 1. The Balaban J connectivity index is 2.08. The molecule has 0 aromatic heterocycles. The highest BCUT2D eigenvalue weighted by Crippen LogP contribution is 2.25. The Morgan fingerprint density at radius 2 is 1.86 bits per heavy atom. The van der Waals surface area contributed by atoms with Gasteiger partial charge in [-0.25, -0.2) is 0 Å². The molecule has 116 valence electrons. The first-order valence-electron chi connectivity index (χ1n) is 7.44. The van der Waals surface area contributed by atoms with Gasteiger partial charge in [-0.3, -0.25) is 4.79 Å². The van der Waals surface area contributed by atoms with Crippen molar-refractivity contribution in [2.45, 2.75) is 25.9 Å². The van der Waals surface area contributed by atoms with E-state index in [-0.39, 0.29) is 5.78 Å². The van der Waals surface area contributed by atoms with Crippen molar-refractivity contribution < 1.29 is 9.90 Å². The Labute approximate surface area is 135 Å². The van der Waals surface area contributed by atoms with Gasteiger partial charge in [0.2, 0.25) is 0 Å². The summed E-state index contributed by atoms with van der Waals surface area (Å²) in [4.78, 5) is 12.3. The summed E-state index contributed by atoms with van der Waals surface area (Å²) in [7, 11) is 0. The second-order valence-corrected chi connectivity index (χ2v) is 5.55. The summed E-state index contributed by atoms with van der Waals surface area (Å²) in [6.45, 7) is 3.05. The second kappa shape index (κ2) is 7.97. The van der Waals surface area contributed by atoms with E-state index in [0.29, 0.717) is 16.1 Å². The van der Waals surface area contributed by atoms with Crippen LogP contribution < -0.4 is 5.32 Å². The Hall–Kier alpha value is -1.84. The van der Waals surface area contributed by atoms with E-state index in [1.165, 1.54) is 0 Å². The zero-order chi connectivity index (χ0) is 15.9. The van der Waals surface area contributed by atoms with E-state index in [4.69, 9.17) is 11.6 Å². The summed E-state index contributed by atoms with van der Waals surface area (Å²) < 4.78 is 0. The molecule has 0 amide bonds. The number of hydrogen-bond donors (Lipinski definition) is 2. The van der Waals surface area contributed by atoms with Crippen LogP contribution in [0.2, 0.25) is 5.02 Å². The lowest BCUT2D eigenvalue weighted by Crippen LogP contribution is -2.13. The van der Waals surface area contributed by atoms with Crippen LogP contribution in [-0.4, -0.2) is 17.4 Å². The van der Waals surface area contributed by atoms with Crippen molar-refractivity contribution in [3.05, 3.63) is 64.7 Å². The van der Waals surface area contributed by atoms with Gasteiger partial charge in [-0.2, -0.15) is 0 Å². The standard InChI is InChI=1S/C18H20ClNO2/c1-2-3-12-20-14-10-8-13(9-11-14)17(21)18(22)15-6-4-5-7-16(15)19/h4-11,18,20,22H,2-3,12H2,1H3. The van der Waals surface area contributed by atoms with Gasteiger partial charge >= 0.3 is 0 Å². The molecule has 2 N–H and O–H groups in total. The lowest BCUT2D eigenvalue weighted by atomic mass is 10.00. The number of rotatable bonds is 7. The Morgan fingerprint density at radius 3 is 2.50 bits per heavy atom. The van der Waals surface area contributed by atoms with Gasteiger partial charge in [0.25, 0.3) is 0 Å². The van der Waals surface area contributed by atoms with Crippen LogP contribution in [0.1, 0.15) is 41.8 Å². The number of anilines is 1. The molecule has 1 atom stereocenters. The number of Topliss-reactive ketones (excluding diaryl/α,β-unsaturated/α-hetero) is 1. The zero-order valence-corrected chi connectivity index (χ0v) is 13.3. The molecular formula is C18H20ClNO2. The minimum absolute atomic E-state index is 0.354. The van der Waals surface area contributed by atoms with E-state index in [1.807, 2.05) is 12.1 Å². The number of carbonyl (C=O) groups excluding carboxylic acids is 1. The van der Waals surface area contributed by atoms with Crippen molar-refractivity contribution in [3.63, 3.8) is 0 Å². The van der Waals surface area contributed by atoms with E-state index in [2.05, 4.69) is 12.2 Å². The van der Waals surface area contributed by atoms with Crippen LogP contribution in [0.25, 0.3) is 0 Å². The smallest absolute Gasteiger partial charge is 0.195 e. The van der Waals surface area contributed by atoms with E-state index in [0.717, 1.165) is 25.1 Å². The number of unbranched alkanes of at least 4 members (excludes halogenated alkanes) is 1. The first kappa shape index (κ1) is 16.5. The minimum atomic E-state index is -1.24. The summed E-state index contributed by atoms with van der Waals surface area (Å²) >= 11 is 6.02. The maximum Gasteiger partial charge on any atom is 0.195 e. The fourth-order valence-electron chi connectivity index (χ4n) is 2.16. The summed E-state index contributed by atoms with van der Waals surface area (Å²) in [5, 5.41) is 13.9. The summed E-state index contributed by atoms with van der Waals surface area (Å²) in [5.74, 6) is -0.354. The molecule has 1 unspecified atom stereocenters. The van der Waals surface area contributed by atoms with Crippen molar-refractivity contribution in [2.24, 2.45) is 0 Å². The molecule has 0 radical (unpaired) electrons. The van der Waals surface area contributed by atoms with Gasteiger partial charge in [0.1, 0.15) is 6.10 Å². The maximum atomic E-state index is 12.3. The number of aliphatic hydroxyl groups is 1. The summed E-state index contributed by atoms with van der Waals surface area (Å²) in [6, 6.07) is 14.0. The third-order valence-electron chi connectivity index (χ3n) is 3.48. The molecule has 0 aliphatic rings. The average Bonchev–Trinajstić information content (AvgIpc) is 2.55. The van der Waals surface area contributed by atoms with Gasteiger partial charge in [-0.15, -0.1) is 0 Å². The molecule has 3 nitrogen and oxygen atoms in total. The largest absolute Gasteiger partial charge is 0.385 e. The van der Waals surface area contributed by atoms with Crippen molar-refractivity contribution in [3.8, 4) is 0 Å². The second-order valence-electron chi connectivity index (χ2n) is 5.15. The molecule has 22 heavy (non-hydrogen) atoms. The first-order valence-corrected chi connectivity index (χ1v) is 7.82. The van der Waals surface area contributed by atoms with Gasteiger partial charge in [-0.1, -0.05) is 43.1 Å². The molecule has 0 bridgehead atoms. The molecule has 0 fully saturated rings. The van der Waals surface area contributed by atoms with Gasteiger partial charge in [0.15, 0.2) is 5.78 Å². The summed E-state index contributed by atoms with van der Waals surface area (Å²) in [6.07, 6.45) is 0.993. The van der Waals surface area contributed by atoms with Crippen LogP contribution in [0.4, 0.5) is 5.69 Å². The molecule has 0 saturated heterocycles. The van der Waals surface area contributed by atoms with Gasteiger partial charge in [0.05, 0.1) is 0 Å². The molecule has 2 rings (SSSR count). The lowest BCUT2D eigenvalue weighted by Gasteiger charge is -2.12. The molecule has 0 spiro atoms. The van der Waals surface area contributed by atoms with Crippen molar-refractivity contribution in [1.29, 1.82) is 0 Å². The molecule has 0 aliphatic carbocycles. The summed E-state index contributed by atoms with van der Waals surface area (Å²) in [5.41, 5.74) is 1.87. The van der Waals surface area contributed by atoms with Crippen LogP contribution in [0, 0.1) is 0 Å². The fraction of sp³-hybridized carbons (Fsp3) is 0.278. The van der Waals surface area contributed by atoms with Crippen LogP contribution in [-0.2, 0) is 0 Å². The number of halogens is 1. The average molecular weight is 318 g/mol. The quantitative estimate of drug-likeness (QED) is 0.585. The van der Waals surface area contributed by atoms with Crippen LogP contribution >= 0.6 is 11.6 Å².